The second-order valence-electron chi connectivity index (χ2n) is 4.27. The van der Waals surface area contributed by atoms with Gasteiger partial charge in [0.05, 0.1) is 0 Å². The third kappa shape index (κ3) is 3.30. The minimum Gasteiger partial charge on any atom is -0.384 e. The molecule has 0 saturated heterocycles. The van der Waals surface area contributed by atoms with Crippen molar-refractivity contribution < 1.29 is 0 Å². The van der Waals surface area contributed by atoms with Crippen LogP contribution in [-0.4, -0.2) is 6.54 Å². The van der Waals surface area contributed by atoms with E-state index in [1.54, 1.807) is 0 Å². The van der Waals surface area contributed by atoms with Crippen LogP contribution in [0.2, 0.25) is 0 Å². The molecule has 0 fully saturated rings. The number of dihydropyridines is 1. The summed E-state index contributed by atoms with van der Waals surface area (Å²) in [5.41, 5.74) is 6.04. The highest BCUT2D eigenvalue weighted by Gasteiger charge is 2.11. The third-order valence-corrected chi connectivity index (χ3v) is 2.53. The highest BCUT2D eigenvalue weighted by Crippen LogP contribution is 2.19. The Kier molecular flexibility index (Phi) is 4.41. The van der Waals surface area contributed by atoms with Gasteiger partial charge in [-0.15, -0.1) is 0 Å². The molecule has 0 bridgehead atoms. The van der Waals surface area contributed by atoms with E-state index in [1.165, 1.54) is 22.5 Å². The second kappa shape index (κ2) is 5.59. The number of allylic oxidation sites excluding steroid dienone is 5. The summed E-state index contributed by atoms with van der Waals surface area (Å²) in [5.74, 6) is 0. The van der Waals surface area contributed by atoms with Crippen molar-refractivity contribution in [1.82, 2.24) is 10.6 Å². The van der Waals surface area contributed by atoms with Crippen LogP contribution in [0.15, 0.2) is 47.0 Å². The molecule has 0 spiro atoms. The van der Waals surface area contributed by atoms with Crippen molar-refractivity contribution >= 4 is 0 Å². The molecule has 88 valence electrons. The van der Waals surface area contributed by atoms with Crippen LogP contribution < -0.4 is 10.6 Å². The topological polar surface area (TPSA) is 24.1 Å². The SMILES string of the molecule is C=C(C)N/C(=C/CC)C1=C(C)C=C(C)NC1. The molecule has 0 unspecified atom stereocenters. The van der Waals surface area contributed by atoms with Crippen LogP contribution in [0.25, 0.3) is 0 Å². The van der Waals surface area contributed by atoms with Gasteiger partial charge in [0.1, 0.15) is 0 Å². The Bertz CT molecular complexity index is 370. The van der Waals surface area contributed by atoms with Crippen molar-refractivity contribution in [1.29, 1.82) is 0 Å². The molecule has 2 N–H and O–H groups in total. The molecule has 0 amide bonds. The molecule has 0 aromatic heterocycles. The first-order valence-corrected chi connectivity index (χ1v) is 5.79. The average molecular weight is 218 g/mol. The highest BCUT2D eigenvalue weighted by molar-refractivity contribution is 5.43. The van der Waals surface area contributed by atoms with Gasteiger partial charge in [0.15, 0.2) is 0 Å². The van der Waals surface area contributed by atoms with Gasteiger partial charge in [-0.05, 0) is 44.4 Å². The Labute approximate surface area is 98.8 Å². The van der Waals surface area contributed by atoms with Gasteiger partial charge in [-0.1, -0.05) is 19.6 Å². The lowest BCUT2D eigenvalue weighted by atomic mass is 10.0. The molecule has 2 heteroatoms. The molecular formula is C14H22N2. The van der Waals surface area contributed by atoms with Crippen LogP contribution in [0.1, 0.15) is 34.1 Å². The van der Waals surface area contributed by atoms with Gasteiger partial charge in [0, 0.05) is 23.6 Å². The molecule has 1 aliphatic rings. The molecule has 0 aromatic carbocycles. The van der Waals surface area contributed by atoms with Gasteiger partial charge in [-0.3, -0.25) is 0 Å². The Hall–Kier alpha value is -1.44. The van der Waals surface area contributed by atoms with E-state index in [0.717, 1.165) is 18.7 Å². The molecule has 2 nitrogen and oxygen atoms in total. The minimum absolute atomic E-state index is 0.889. The van der Waals surface area contributed by atoms with E-state index < -0.39 is 0 Å². The monoisotopic (exact) mass is 218 g/mol. The highest BCUT2D eigenvalue weighted by atomic mass is 14.9. The summed E-state index contributed by atoms with van der Waals surface area (Å²) in [6.45, 7) is 13.2. The zero-order chi connectivity index (χ0) is 12.1. The Balaban J connectivity index is 2.99. The van der Waals surface area contributed by atoms with Crippen LogP contribution in [0, 0.1) is 0 Å². The van der Waals surface area contributed by atoms with Crippen molar-refractivity contribution in [2.45, 2.75) is 34.1 Å². The van der Waals surface area contributed by atoms with E-state index in [9.17, 15) is 0 Å². The summed E-state index contributed by atoms with van der Waals surface area (Å²) in [6.07, 6.45) is 5.42. The van der Waals surface area contributed by atoms with Gasteiger partial charge in [-0.2, -0.15) is 0 Å². The van der Waals surface area contributed by atoms with E-state index >= 15 is 0 Å². The average Bonchev–Trinajstić information content (AvgIpc) is 2.16. The standard InChI is InChI=1S/C14H22N2/c1-6-7-14(16-10(2)3)13-9-15-12(5)8-11(13)4/h7-8,15-16H,2,6,9H2,1,3-5H3/b14-7+. The maximum absolute atomic E-state index is 3.90. The molecule has 0 aromatic rings. The zero-order valence-electron chi connectivity index (χ0n) is 10.8. The van der Waals surface area contributed by atoms with Crippen molar-refractivity contribution in [3.05, 3.63) is 47.0 Å². The van der Waals surface area contributed by atoms with Crippen LogP contribution in [0.4, 0.5) is 0 Å². The summed E-state index contributed by atoms with van der Waals surface area (Å²) < 4.78 is 0. The Morgan fingerprint density at radius 3 is 2.75 bits per heavy atom. The molecule has 1 rings (SSSR count). The van der Waals surface area contributed by atoms with E-state index in [-0.39, 0.29) is 0 Å². The van der Waals surface area contributed by atoms with Crippen LogP contribution >= 0.6 is 0 Å². The summed E-state index contributed by atoms with van der Waals surface area (Å²) in [4.78, 5) is 0. The van der Waals surface area contributed by atoms with E-state index in [2.05, 4.69) is 50.1 Å². The number of rotatable bonds is 4. The van der Waals surface area contributed by atoms with Gasteiger partial charge in [0.2, 0.25) is 0 Å². The lowest BCUT2D eigenvalue weighted by Gasteiger charge is -2.22. The minimum atomic E-state index is 0.889. The smallest absolute Gasteiger partial charge is 0.0420 e. The normalized spacial score (nSPS) is 16.8. The molecule has 0 saturated carbocycles. The van der Waals surface area contributed by atoms with Gasteiger partial charge in [-0.25, -0.2) is 0 Å². The first-order valence-electron chi connectivity index (χ1n) is 5.79. The second-order valence-corrected chi connectivity index (χ2v) is 4.27. The molecule has 0 atom stereocenters. The number of hydrogen-bond acceptors (Lipinski definition) is 2. The van der Waals surface area contributed by atoms with Gasteiger partial charge < -0.3 is 10.6 Å². The molecular weight excluding hydrogens is 196 g/mol. The fourth-order valence-corrected chi connectivity index (χ4v) is 1.82. The van der Waals surface area contributed by atoms with Crippen molar-refractivity contribution in [2.75, 3.05) is 6.54 Å². The lowest BCUT2D eigenvalue weighted by molar-refractivity contribution is 0.817. The summed E-state index contributed by atoms with van der Waals surface area (Å²) in [7, 11) is 0. The van der Waals surface area contributed by atoms with E-state index in [0.29, 0.717) is 0 Å². The first-order chi connectivity index (χ1) is 7.54. The van der Waals surface area contributed by atoms with Crippen molar-refractivity contribution in [3.8, 4) is 0 Å². The fraction of sp³-hybridized carbons (Fsp3) is 0.429. The first kappa shape index (κ1) is 12.6. The van der Waals surface area contributed by atoms with Gasteiger partial charge >= 0.3 is 0 Å². The quantitative estimate of drug-likeness (QED) is 0.757. The van der Waals surface area contributed by atoms with E-state index in [1.807, 2.05) is 6.92 Å². The van der Waals surface area contributed by atoms with Crippen LogP contribution in [0.3, 0.4) is 0 Å². The Morgan fingerprint density at radius 1 is 1.56 bits per heavy atom. The van der Waals surface area contributed by atoms with E-state index in [4.69, 9.17) is 0 Å². The van der Waals surface area contributed by atoms with Gasteiger partial charge in [0.25, 0.3) is 0 Å². The molecule has 1 aliphatic heterocycles. The third-order valence-electron chi connectivity index (χ3n) is 2.53. The van der Waals surface area contributed by atoms with Crippen LogP contribution in [0.5, 0.6) is 0 Å². The summed E-state index contributed by atoms with van der Waals surface area (Å²) >= 11 is 0. The molecule has 1 heterocycles. The van der Waals surface area contributed by atoms with Crippen molar-refractivity contribution in [2.24, 2.45) is 0 Å². The predicted octanol–water partition coefficient (Wildman–Crippen LogP) is 3.23. The van der Waals surface area contributed by atoms with Crippen LogP contribution in [-0.2, 0) is 0 Å². The lowest BCUT2D eigenvalue weighted by Crippen LogP contribution is -2.25. The summed E-state index contributed by atoms with van der Waals surface area (Å²) in [5, 5.41) is 6.70. The largest absolute Gasteiger partial charge is 0.384 e. The maximum atomic E-state index is 3.90. The number of nitrogens with one attached hydrogen (secondary N) is 2. The number of hydrogen-bond donors (Lipinski definition) is 2. The maximum Gasteiger partial charge on any atom is 0.0420 e. The summed E-state index contributed by atoms with van der Waals surface area (Å²) in [6, 6.07) is 0. The fourth-order valence-electron chi connectivity index (χ4n) is 1.82. The zero-order valence-corrected chi connectivity index (χ0v) is 10.8. The van der Waals surface area contributed by atoms with Crippen molar-refractivity contribution in [3.63, 3.8) is 0 Å². The molecule has 0 radical (unpaired) electrons. The Morgan fingerprint density at radius 2 is 2.25 bits per heavy atom. The molecule has 16 heavy (non-hydrogen) atoms. The predicted molar refractivity (Wildman–Crippen MR) is 70.8 cm³/mol. The molecule has 0 aliphatic carbocycles.